The lowest BCUT2D eigenvalue weighted by Crippen LogP contribution is -2.21. The molecule has 0 radical (unpaired) electrons. The van der Waals surface area contributed by atoms with E-state index < -0.39 is 0 Å². The van der Waals surface area contributed by atoms with Crippen LogP contribution in [-0.4, -0.2) is 0 Å². The first-order chi connectivity index (χ1) is 4.88. The van der Waals surface area contributed by atoms with E-state index in [1.807, 2.05) is 0 Å². The van der Waals surface area contributed by atoms with Crippen molar-refractivity contribution in [3.63, 3.8) is 0 Å². The molecule has 0 bridgehead atoms. The fraction of sp³-hybridized carbons (Fsp3) is 1.00. The highest BCUT2D eigenvalue weighted by molar-refractivity contribution is 4.84. The second-order valence-electron chi connectivity index (χ2n) is 4.26. The zero-order valence-corrected chi connectivity index (χ0v) is 6.97. The summed E-state index contributed by atoms with van der Waals surface area (Å²) in [7, 11) is 0. The molecule has 1 unspecified atom stereocenters. The van der Waals surface area contributed by atoms with E-state index in [1.165, 1.54) is 19.3 Å². The van der Waals surface area contributed by atoms with Gasteiger partial charge in [0.15, 0.2) is 0 Å². The molecule has 0 aromatic heterocycles. The van der Waals surface area contributed by atoms with Crippen molar-refractivity contribution in [1.82, 2.24) is 0 Å². The van der Waals surface area contributed by atoms with Gasteiger partial charge in [0.05, 0.1) is 0 Å². The minimum atomic E-state index is 1.06. The molecular formula is C10H18. The summed E-state index contributed by atoms with van der Waals surface area (Å²) in [6.07, 6.45) is 9.21. The predicted octanol–water partition coefficient (Wildman–Crippen LogP) is 3.22. The van der Waals surface area contributed by atoms with Crippen molar-refractivity contribution in [2.75, 3.05) is 0 Å². The van der Waals surface area contributed by atoms with E-state index in [-0.39, 0.29) is 0 Å². The third-order valence-electron chi connectivity index (χ3n) is 3.68. The van der Waals surface area contributed by atoms with Crippen LogP contribution in [-0.2, 0) is 0 Å². The number of rotatable bonds is 0. The van der Waals surface area contributed by atoms with Crippen molar-refractivity contribution in [2.24, 2.45) is 17.8 Å². The first-order valence-electron chi connectivity index (χ1n) is 4.88. The van der Waals surface area contributed by atoms with Crippen LogP contribution in [0.4, 0.5) is 0 Å². The Morgan fingerprint density at radius 2 is 1.60 bits per heavy atom. The van der Waals surface area contributed by atoms with Crippen molar-refractivity contribution in [3.8, 4) is 0 Å². The highest BCUT2D eigenvalue weighted by atomic mass is 14.4. The molecule has 0 N–H and O–H groups in total. The van der Waals surface area contributed by atoms with Gasteiger partial charge in [-0.2, -0.15) is 0 Å². The molecule has 0 saturated heterocycles. The van der Waals surface area contributed by atoms with Gasteiger partial charge in [-0.1, -0.05) is 39.0 Å². The van der Waals surface area contributed by atoms with E-state index in [0.717, 1.165) is 17.8 Å². The third-order valence-corrected chi connectivity index (χ3v) is 3.68. The Balaban J connectivity index is 2.03. The number of hydrogen-bond donors (Lipinski definition) is 0. The van der Waals surface area contributed by atoms with Gasteiger partial charge in [0, 0.05) is 0 Å². The second-order valence-corrected chi connectivity index (χ2v) is 4.26. The summed E-state index contributed by atoms with van der Waals surface area (Å²) >= 11 is 0. The normalized spacial score (nSPS) is 47.1. The standard InChI is InChI=1S/C10H18/c1-8-4-2-5-9-6-3-7-10(8)9/h8-10H,2-7H2,1H3/t8-,9+,10?/m0/s1. The number of hydrogen-bond acceptors (Lipinski definition) is 0. The predicted molar refractivity (Wildman–Crippen MR) is 43.8 cm³/mol. The van der Waals surface area contributed by atoms with Gasteiger partial charge in [0.2, 0.25) is 0 Å². The van der Waals surface area contributed by atoms with Gasteiger partial charge in [-0.3, -0.25) is 0 Å². The lowest BCUT2D eigenvalue weighted by molar-refractivity contribution is 0.197. The number of fused-ring (bicyclic) bond motifs is 1. The van der Waals surface area contributed by atoms with Crippen LogP contribution in [0.2, 0.25) is 0 Å². The summed E-state index contributed by atoms with van der Waals surface area (Å²) in [4.78, 5) is 0. The fourth-order valence-electron chi connectivity index (χ4n) is 3.09. The summed E-state index contributed by atoms with van der Waals surface area (Å²) in [6, 6.07) is 0. The van der Waals surface area contributed by atoms with Crippen molar-refractivity contribution >= 4 is 0 Å². The fourth-order valence-corrected chi connectivity index (χ4v) is 3.09. The van der Waals surface area contributed by atoms with Gasteiger partial charge in [-0.25, -0.2) is 0 Å². The van der Waals surface area contributed by atoms with Crippen molar-refractivity contribution in [1.29, 1.82) is 0 Å². The molecule has 3 atom stereocenters. The SMILES string of the molecule is C[C@H]1CCC[C@@H]2CCCC21. The maximum absolute atomic E-state index is 2.46. The summed E-state index contributed by atoms with van der Waals surface area (Å²) in [6.45, 7) is 2.46. The molecule has 0 heteroatoms. The molecule has 2 rings (SSSR count). The lowest BCUT2D eigenvalue weighted by atomic mass is 9.75. The third kappa shape index (κ3) is 0.980. The molecule has 2 saturated carbocycles. The first kappa shape index (κ1) is 6.69. The molecule has 0 amide bonds. The van der Waals surface area contributed by atoms with Crippen LogP contribution in [0.5, 0.6) is 0 Å². The minimum absolute atomic E-state index is 1.06. The molecule has 0 heterocycles. The van der Waals surface area contributed by atoms with Crippen LogP contribution in [0.1, 0.15) is 45.4 Å². The van der Waals surface area contributed by atoms with Crippen molar-refractivity contribution in [3.05, 3.63) is 0 Å². The van der Waals surface area contributed by atoms with Crippen molar-refractivity contribution < 1.29 is 0 Å². The van der Waals surface area contributed by atoms with Crippen LogP contribution < -0.4 is 0 Å². The van der Waals surface area contributed by atoms with E-state index in [2.05, 4.69) is 6.92 Å². The molecule has 0 aromatic carbocycles. The van der Waals surface area contributed by atoms with Gasteiger partial charge >= 0.3 is 0 Å². The second kappa shape index (κ2) is 2.56. The maximum Gasteiger partial charge on any atom is -0.0360 e. The van der Waals surface area contributed by atoms with E-state index in [4.69, 9.17) is 0 Å². The van der Waals surface area contributed by atoms with Gasteiger partial charge in [0.25, 0.3) is 0 Å². The Morgan fingerprint density at radius 3 is 2.30 bits per heavy atom. The van der Waals surface area contributed by atoms with Crippen molar-refractivity contribution in [2.45, 2.75) is 45.4 Å². The van der Waals surface area contributed by atoms with Crippen LogP contribution in [0.15, 0.2) is 0 Å². The smallest absolute Gasteiger partial charge is 0.0360 e. The zero-order chi connectivity index (χ0) is 6.97. The van der Waals surface area contributed by atoms with Gasteiger partial charge < -0.3 is 0 Å². The van der Waals surface area contributed by atoms with Crippen LogP contribution >= 0.6 is 0 Å². The summed E-state index contributed by atoms with van der Waals surface area (Å²) < 4.78 is 0. The average molecular weight is 138 g/mol. The summed E-state index contributed by atoms with van der Waals surface area (Å²) in [5.74, 6) is 3.33. The highest BCUT2D eigenvalue weighted by Crippen LogP contribution is 2.44. The Kier molecular flexibility index (Phi) is 1.71. The monoisotopic (exact) mass is 138 g/mol. The van der Waals surface area contributed by atoms with Crippen LogP contribution in [0.3, 0.4) is 0 Å². The topological polar surface area (TPSA) is 0 Å². The molecule has 2 fully saturated rings. The highest BCUT2D eigenvalue weighted by Gasteiger charge is 2.33. The van der Waals surface area contributed by atoms with E-state index >= 15 is 0 Å². The molecule has 0 aromatic rings. The Hall–Kier alpha value is 0. The van der Waals surface area contributed by atoms with Gasteiger partial charge in [-0.15, -0.1) is 0 Å². The molecule has 10 heavy (non-hydrogen) atoms. The van der Waals surface area contributed by atoms with Gasteiger partial charge in [-0.05, 0) is 24.2 Å². The average Bonchev–Trinajstić information content (AvgIpc) is 2.36. The molecular weight excluding hydrogens is 120 g/mol. The molecule has 2 aliphatic carbocycles. The molecule has 0 aliphatic heterocycles. The Morgan fingerprint density at radius 1 is 0.900 bits per heavy atom. The molecule has 0 spiro atoms. The van der Waals surface area contributed by atoms with Gasteiger partial charge in [0.1, 0.15) is 0 Å². The summed E-state index contributed by atoms with van der Waals surface area (Å²) in [5, 5.41) is 0. The minimum Gasteiger partial charge on any atom is -0.0622 e. The molecule has 58 valence electrons. The Bertz CT molecular complexity index is 117. The Labute approximate surface area is 64.0 Å². The van der Waals surface area contributed by atoms with E-state index in [0.29, 0.717) is 0 Å². The van der Waals surface area contributed by atoms with E-state index in [1.54, 1.807) is 19.3 Å². The van der Waals surface area contributed by atoms with Crippen LogP contribution in [0.25, 0.3) is 0 Å². The molecule has 0 nitrogen and oxygen atoms in total. The maximum atomic E-state index is 2.46. The van der Waals surface area contributed by atoms with E-state index in [9.17, 15) is 0 Å². The first-order valence-corrected chi connectivity index (χ1v) is 4.88. The van der Waals surface area contributed by atoms with Crippen LogP contribution in [0, 0.1) is 17.8 Å². The summed E-state index contributed by atoms with van der Waals surface area (Å²) in [5.41, 5.74) is 0. The largest absolute Gasteiger partial charge is 0.0622 e. The molecule has 2 aliphatic rings. The zero-order valence-electron chi connectivity index (χ0n) is 6.97. The quantitative estimate of drug-likeness (QED) is 0.482. The lowest BCUT2D eigenvalue weighted by Gasteiger charge is -2.31.